The van der Waals surface area contributed by atoms with Crippen LogP contribution in [0.25, 0.3) is 17.1 Å². The Morgan fingerprint density at radius 3 is 2.69 bits per heavy atom. The lowest BCUT2D eigenvalue weighted by atomic mass is 10.0. The molecule has 1 heterocycles. The summed E-state index contributed by atoms with van der Waals surface area (Å²) in [6.07, 6.45) is 4.27. The van der Waals surface area contributed by atoms with Crippen LogP contribution in [0, 0.1) is 0 Å². The number of aromatic nitrogens is 2. The summed E-state index contributed by atoms with van der Waals surface area (Å²) in [5.41, 5.74) is 1.57. The quantitative estimate of drug-likeness (QED) is 0.738. The van der Waals surface area contributed by atoms with E-state index < -0.39 is 0 Å². The summed E-state index contributed by atoms with van der Waals surface area (Å²) in [7, 11) is 0. The fourth-order valence-electron chi connectivity index (χ4n) is 2.70. The van der Waals surface area contributed by atoms with Crippen molar-refractivity contribution in [2.75, 3.05) is 26.2 Å². The first-order valence-corrected chi connectivity index (χ1v) is 9.15. The summed E-state index contributed by atoms with van der Waals surface area (Å²) >= 11 is 0. The summed E-state index contributed by atoms with van der Waals surface area (Å²) in [4.78, 5) is 31.1. The van der Waals surface area contributed by atoms with Gasteiger partial charge in [0.05, 0.1) is 10.9 Å². The topological polar surface area (TPSA) is 67.2 Å². The van der Waals surface area contributed by atoms with E-state index >= 15 is 0 Å². The van der Waals surface area contributed by atoms with Crippen LogP contribution in [-0.4, -0.2) is 46.5 Å². The zero-order valence-corrected chi connectivity index (χ0v) is 16.0. The second kappa shape index (κ2) is 9.29. The average molecular weight is 356 g/mol. The van der Waals surface area contributed by atoms with E-state index in [0.717, 1.165) is 25.2 Å². The van der Waals surface area contributed by atoms with E-state index in [4.69, 9.17) is 0 Å². The summed E-state index contributed by atoms with van der Waals surface area (Å²) in [6.45, 7) is 11.6. The van der Waals surface area contributed by atoms with Crippen LogP contribution in [0.1, 0.15) is 39.2 Å². The van der Waals surface area contributed by atoms with Gasteiger partial charge >= 0.3 is 0 Å². The van der Waals surface area contributed by atoms with Gasteiger partial charge in [-0.3, -0.25) is 14.2 Å². The third kappa shape index (κ3) is 5.02. The van der Waals surface area contributed by atoms with Crippen LogP contribution < -0.4 is 10.9 Å². The van der Waals surface area contributed by atoms with Gasteiger partial charge in [0.2, 0.25) is 5.91 Å². The molecule has 2 rings (SSSR count). The van der Waals surface area contributed by atoms with Crippen LogP contribution in [0.3, 0.4) is 0 Å². The minimum absolute atomic E-state index is 0.176. The standard InChI is InChI=1S/C20H28N4O2/c1-5-23(6-2)12-10-21-19(25)9-11-24-14-22-18-8-7-16(15(3)4)13-17(18)20(24)26/h7-9,11,13-15H,5-6,10,12H2,1-4H3,(H,21,25)/b11-9+. The number of carbonyl (C=O) groups is 1. The van der Waals surface area contributed by atoms with Gasteiger partial charge in [-0.1, -0.05) is 33.8 Å². The number of rotatable bonds is 8. The van der Waals surface area contributed by atoms with E-state index in [1.165, 1.54) is 23.2 Å². The summed E-state index contributed by atoms with van der Waals surface area (Å²) in [5, 5.41) is 3.39. The van der Waals surface area contributed by atoms with Crippen LogP contribution >= 0.6 is 0 Å². The number of carbonyl (C=O) groups excluding carboxylic acids is 1. The molecule has 140 valence electrons. The Kier molecular flexibility index (Phi) is 7.09. The van der Waals surface area contributed by atoms with Gasteiger partial charge in [-0.25, -0.2) is 4.98 Å². The van der Waals surface area contributed by atoms with E-state index in [0.29, 0.717) is 23.4 Å². The lowest BCUT2D eigenvalue weighted by Crippen LogP contribution is -2.34. The van der Waals surface area contributed by atoms with E-state index in [1.807, 2.05) is 18.2 Å². The molecular weight excluding hydrogens is 328 g/mol. The number of nitrogens with zero attached hydrogens (tertiary/aromatic N) is 3. The highest BCUT2D eigenvalue weighted by Gasteiger charge is 2.06. The molecule has 0 bridgehead atoms. The van der Waals surface area contributed by atoms with Crippen LogP contribution in [-0.2, 0) is 4.79 Å². The summed E-state index contributed by atoms with van der Waals surface area (Å²) in [5.74, 6) is 0.111. The molecule has 0 saturated heterocycles. The molecule has 6 nitrogen and oxygen atoms in total. The Labute approximate surface area is 154 Å². The number of nitrogens with one attached hydrogen (secondary N) is 1. The van der Waals surface area contributed by atoms with Gasteiger partial charge in [0.1, 0.15) is 6.33 Å². The fraction of sp³-hybridized carbons (Fsp3) is 0.450. The molecule has 1 aromatic carbocycles. The number of fused-ring (bicyclic) bond motifs is 1. The van der Waals surface area contributed by atoms with Crippen molar-refractivity contribution in [1.82, 2.24) is 19.8 Å². The minimum atomic E-state index is -0.222. The predicted molar refractivity (Wildman–Crippen MR) is 106 cm³/mol. The van der Waals surface area contributed by atoms with Crippen molar-refractivity contribution in [3.63, 3.8) is 0 Å². The fourth-order valence-corrected chi connectivity index (χ4v) is 2.70. The lowest BCUT2D eigenvalue weighted by molar-refractivity contribution is -0.116. The second-order valence-electron chi connectivity index (χ2n) is 6.52. The van der Waals surface area contributed by atoms with Crippen molar-refractivity contribution in [2.45, 2.75) is 33.6 Å². The van der Waals surface area contributed by atoms with Gasteiger partial charge in [0.15, 0.2) is 0 Å². The van der Waals surface area contributed by atoms with Gasteiger partial charge in [-0.05, 0) is 36.7 Å². The zero-order valence-electron chi connectivity index (χ0n) is 16.0. The minimum Gasteiger partial charge on any atom is -0.351 e. The summed E-state index contributed by atoms with van der Waals surface area (Å²) < 4.78 is 1.34. The number of amides is 1. The number of likely N-dealkylation sites (N-methyl/N-ethyl adjacent to an activating group) is 1. The Hall–Kier alpha value is -2.47. The molecule has 26 heavy (non-hydrogen) atoms. The molecule has 0 atom stereocenters. The third-order valence-corrected chi connectivity index (χ3v) is 4.48. The highest BCUT2D eigenvalue weighted by atomic mass is 16.1. The molecule has 1 aromatic heterocycles. The molecule has 1 N–H and O–H groups in total. The third-order valence-electron chi connectivity index (χ3n) is 4.48. The largest absolute Gasteiger partial charge is 0.351 e. The van der Waals surface area contributed by atoms with Crippen molar-refractivity contribution in [3.05, 3.63) is 46.5 Å². The van der Waals surface area contributed by atoms with E-state index in [2.05, 4.69) is 42.9 Å². The maximum absolute atomic E-state index is 12.6. The van der Waals surface area contributed by atoms with E-state index in [-0.39, 0.29) is 11.5 Å². The molecule has 0 aliphatic carbocycles. The van der Waals surface area contributed by atoms with Crippen molar-refractivity contribution in [1.29, 1.82) is 0 Å². The predicted octanol–water partition coefficient (Wildman–Crippen LogP) is 2.45. The highest BCUT2D eigenvalue weighted by Crippen LogP contribution is 2.17. The number of hydrogen-bond acceptors (Lipinski definition) is 4. The molecule has 2 aromatic rings. The number of hydrogen-bond donors (Lipinski definition) is 1. The van der Waals surface area contributed by atoms with Crippen molar-refractivity contribution in [3.8, 4) is 0 Å². The van der Waals surface area contributed by atoms with Crippen LogP contribution in [0.5, 0.6) is 0 Å². The van der Waals surface area contributed by atoms with Crippen molar-refractivity contribution < 1.29 is 4.79 Å². The molecule has 6 heteroatoms. The molecule has 0 aliphatic heterocycles. The first kappa shape index (κ1) is 19.8. The van der Waals surface area contributed by atoms with Crippen LogP contribution in [0.15, 0.2) is 35.4 Å². The Morgan fingerprint density at radius 2 is 2.04 bits per heavy atom. The van der Waals surface area contributed by atoms with Crippen molar-refractivity contribution >= 4 is 23.0 Å². The summed E-state index contributed by atoms with van der Waals surface area (Å²) in [6, 6.07) is 5.73. The van der Waals surface area contributed by atoms with Crippen LogP contribution in [0.2, 0.25) is 0 Å². The van der Waals surface area contributed by atoms with E-state index in [1.54, 1.807) is 0 Å². The molecule has 0 spiro atoms. The Bertz CT molecular complexity index is 835. The second-order valence-corrected chi connectivity index (χ2v) is 6.52. The molecule has 0 aliphatic rings. The van der Waals surface area contributed by atoms with Gasteiger partial charge in [-0.15, -0.1) is 0 Å². The highest BCUT2D eigenvalue weighted by molar-refractivity contribution is 5.90. The first-order chi connectivity index (χ1) is 12.5. The zero-order chi connectivity index (χ0) is 19.1. The van der Waals surface area contributed by atoms with Gasteiger partial charge in [-0.2, -0.15) is 0 Å². The van der Waals surface area contributed by atoms with Gasteiger partial charge < -0.3 is 10.2 Å². The maximum atomic E-state index is 12.6. The molecule has 0 unspecified atom stereocenters. The molecule has 0 radical (unpaired) electrons. The molecule has 0 saturated carbocycles. The Morgan fingerprint density at radius 1 is 1.31 bits per heavy atom. The van der Waals surface area contributed by atoms with Crippen molar-refractivity contribution in [2.24, 2.45) is 0 Å². The smallest absolute Gasteiger partial charge is 0.265 e. The first-order valence-electron chi connectivity index (χ1n) is 9.15. The average Bonchev–Trinajstić information content (AvgIpc) is 2.64. The normalized spacial score (nSPS) is 11.8. The maximum Gasteiger partial charge on any atom is 0.265 e. The van der Waals surface area contributed by atoms with Crippen LogP contribution in [0.4, 0.5) is 0 Å². The molecule has 0 fully saturated rings. The lowest BCUT2D eigenvalue weighted by Gasteiger charge is -2.17. The molecule has 1 amide bonds. The number of benzene rings is 1. The Balaban J connectivity index is 2.10. The molecular formula is C20H28N4O2. The SMILES string of the molecule is CCN(CC)CCNC(=O)/C=C/n1cnc2ccc(C(C)C)cc2c1=O. The van der Waals surface area contributed by atoms with E-state index in [9.17, 15) is 9.59 Å². The van der Waals surface area contributed by atoms with Gasteiger partial charge in [0.25, 0.3) is 5.56 Å². The monoisotopic (exact) mass is 356 g/mol. The van der Waals surface area contributed by atoms with Gasteiger partial charge in [0, 0.05) is 25.4 Å².